The van der Waals surface area contributed by atoms with Gasteiger partial charge < -0.3 is 19.9 Å². The van der Waals surface area contributed by atoms with E-state index in [9.17, 15) is 9.59 Å². The normalized spacial score (nSPS) is 16.4. The van der Waals surface area contributed by atoms with Crippen molar-refractivity contribution < 1.29 is 24.2 Å². The molecule has 3 aromatic rings. The molecule has 1 heterocycles. The van der Waals surface area contributed by atoms with E-state index in [2.05, 4.69) is 15.5 Å². The minimum absolute atomic E-state index is 0.259. The zero-order valence-electron chi connectivity index (χ0n) is 18.7. The van der Waals surface area contributed by atoms with Gasteiger partial charge in [0.25, 0.3) is 0 Å². The third-order valence-electron chi connectivity index (χ3n) is 4.89. The standard InChI is InChI=1S/C26H23N3O5S/c30-24(31)14-23-25(32)28-26(35-23)29-27-15-20-11-21(33-16-18-7-3-1-4-8-18)13-22(12-20)34-17-19-9-5-2-6-10-19/h1-13,15,23H,14,16-17H2,(H,30,31)(H,28,29,32). The topological polar surface area (TPSA) is 110 Å². The van der Waals surface area contributed by atoms with Crippen molar-refractivity contribution in [2.75, 3.05) is 0 Å². The fraction of sp³-hybridized carbons (Fsp3) is 0.154. The van der Waals surface area contributed by atoms with Gasteiger partial charge in [0.05, 0.1) is 12.6 Å². The van der Waals surface area contributed by atoms with Crippen molar-refractivity contribution in [1.82, 2.24) is 5.32 Å². The summed E-state index contributed by atoms with van der Waals surface area (Å²) < 4.78 is 12.0. The highest BCUT2D eigenvalue weighted by atomic mass is 32.2. The molecule has 2 N–H and O–H groups in total. The van der Waals surface area contributed by atoms with Gasteiger partial charge in [0.2, 0.25) is 5.91 Å². The molecular weight excluding hydrogens is 466 g/mol. The number of rotatable bonds is 10. The molecule has 1 saturated heterocycles. The van der Waals surface area contributed by atoms with E-state index >= 15 is 0 Å². The average Bonchev–Trinajstić information content (AvgIpc) is 3.21. The van der Waals surface area contributed by atoms with Crippen molar-refractivity contribution >= 4 is 35.0 Å². The number of amides is 1. The fourth-order valence-corrected chi connectivity index (χ4v) is 4.13. The van der Waals surface area contributed by atoms with E-state index in [1.54, 1.807) is 0 Å². The van der Waals surface area contributed by atoms with Crippen molar-refractivity contribution in [2.45, 2.75) is 24.9 Å². The Balaban J connectivity index is 1.48. The summed E-state index contributed by atoms with van der Waals surface area (Å²) in [6.45, 7) is 0.797. The van der Waals surface area contributed by atoms with Crippen LogP contribution in [0.1, 0.15) is 23.1 Å². The fourth-order valence-electron chi connectivity index (χ4n) is 3.21. The second-order valence-electron chi connectivity index (χ2n) is 7.63. The number of aliphatic carboxylic acids is 1. The van der Waals surface area contributed by atoms with Gasteiger partial charge in [-0.2, -0.15) is 5.10 Å². The Morgan fingerprint density at radius 2 is 1.51 bits per heavy atom. The Bertz CT molecular complexity index is 1170. The van der Waals surface area contributed by atoms with Gasteiger partial charge in [-0.1, -0.05) is 72.4 Å². The Morgan fingerprint density at radius 1 is 0.943 bits per heavy atom. The molecule has 1 amide bonds. The summed E-state index contributed by atoms with van der Waals surface area (Å²) in [5.74, 6) is -0.214. The molecule has 8 nitrogen and oxygen atoms in total. The molecule has 1 aliphatic rings. The van der Waals surface area contributed by atoms with Gasteiger partial charge in [-0.05, 0) is 23.3 Å². The zero-order valence-corrected chi connectivity index (χ0v) is 19.5. The summed E-state index contributed by atoms with van der Waals surface area (Å²) in [7, 11) is 0. The number of hydrogen-bond acceptors (Lipinski definition) is 7. The molecular formula is C26H23N3O5S. The van der Waals surface area contributed by atoms with Gasteiger partial charge >= 0.3 is 5.97 Å². The lowest BCUT2D eigenvalue weighted by Gasteiger charge is -2.11. The quantitative estimate of drug-likeness (QED) is 0.326. The molecule has 1 unspecified atom stereocenters. The third-order valence-corrected chi connectivity index (χ3v) is 5.96. The van der Waals surface area contributed by atoms with Gasteiger partial charge in [-0.15, -0.1) is 5.10 Å². The van der Waals surface area contributed by atoms with Crippen LogP contribution in [0.4, 0.5) is 0 Å². The first-order valence-corrected chi connectivity index (χ1v) is 11.7. The number of nitrogens with one attached hydrogen (secondary N) is 1. The van der Waals surface area contributed by atoms with Crippen LogP contribution in [0.2, 0.25) is 0 Å². The number of thioether (sulfide) groups is 1. The van der Waals surface area contributed by atoms with Crippen molar-refractivity contribution in [1.29, 1.82) is 0 Å². The summed E-state index contributed by atoms with van der Waals surface area (Å²) >= 11 is 1.05. The van der Waals surface area contributed by atoms with Crippen LogP contribution in [0.5, 0.6) is 11.5 Å². The number of ether oxygens (including phenoxy) is 2. The second kappa shape index (κ2) is 11.8. The van der Waals surface area contributed by atoms with Crippen molar-refractivity contribution in [3.05, 3.63) is 95.6 Å². The predicted molar refractivity (Wildman–Crippen MR) is 135 cm³/mol. The van der Waals surface area contributed by atoms with Gasteiger partial charge in [0, 0.05) is 11.6 Å². The van der Waals surface area contributed by atoms with E-state index in [4.69, 9.17) is 14.6 Å². The molecule has 0 radical (unpaired) electrons. The molecule has 4 rings (SSSR count). The summed E-state index contributed by atoms with van der Waals surface area (Å²) in [5, 5.41) is 19.1. The maximum Gasteiger partial charge on any atom is 0.305 e. The lowest BCUT2D eigenvalue weighted by molar-refractivity contribution is -0.138. The van der Waals surface area contributed by atoms with Gasteiger partial charge in [0.15, 0.2) is 5.17 Å². The average molecular weight is 490 g/mol. The number of carboxylic acid groups (broad SMARTS) is 1. The molecule has 3 aromatic carbocycles. The minimum Gasteiger partial charge on any atom is -0.489 e. The van der Waals surface area contributed by atoms with E-state index in [-0.39, 0.29) is 17.5 Å². The first-order valence-electron chi connectivity index (χ1n) is 10.8. The van der Waals surface area contributed by atoms with Crippen molar-refractivity contribution in [2.24, 2.45) is 10.2 Å². The number of hydrogen-bond donors (Lipinski definition) is 2. The number of benzene rings is 3. The van der Waals surface area contributed by atoms with E-state index < -0.39 is 11.2 Å². The molecule has 0 aromatic heterocycles. The first kappa shape index (κ1) is 24.0. The highest BCUT2D eigenvalue weighted by Crippen LogP contribution is 2.25. The SMILES string of the molecule is O=C(O)CC1SC(=NN=Cc2cc(OCc3ccccc3)cc(OCc3ccccc3)c2)NC1=O. The van der Waals surface area contributed by atoms with Gasteiger partial charge in [-0.25, -0.2) is 0 Å². The minimum atomic E-state index is -1.04. The smallest absolute Gasteiger partial charge is 0.305 e. The lowest BCUT2D eigenvalue weighted by Crippen LogP contribution is -2.26. The number of carbonyl (C=O) groups excluding carboxylic acids is 1. The maximum absolute atomic E-state index is 11.9. The monoisotopic (exact) mass is 489 g/mol. The molecule has 0 spiro atoms. The molecule has 1 fully saturated rings. The maximum atomic E-state index is 11.9. The highest BCUT2D eigenvalue weighted by Gasteiger charge is 2.32. The van der Waals surface area contributed by atoms with E-state index in [0.29, 0.717) is 30.3 Å². The lowest BCUT2D eigenvalue weighted by atomic mass is 10.2. The third kappa shape index (κ3) is 7.44. The highest BCUT2D eigenvalue weighted by molar-refractivity contribution is 8.15. The zero-order chi connectivity index (χ0) is 24.5. The van der Waals surface area contributed by atoms with Crippen LogP contribution in [0, 0.1) is 0 Å². The number of carboxylic acids is 1. The van der Waals surface area contributed by atoms with Crippen LogP contribution in [-0.2, 0) is 22.8 Å². The van der Waals surface area contributed by atoms with Crippen molar-refractivity contribution in [3.63, 3.8) is 0 Å². The van der Waals surface area contributed by atoms with E-state index in [0.717, 1.165) is 22.9 Å². The summed E-state index contributed by atoms with van der Waals surface area (Å²) in [4.78, 5) is 22.7. The van der Waals surface area contributed by atoms with Crippen LogP contribution < -0.4 is 14.8 Å². The van der Waals surface area contributed by atoms with Crippen LogP contribution in [0.15, 0.2) is 89.1 Å². The molecule has 178 valence electrons. The number of carbonyl (C=O) groups is 2. The van der Waals surface area contributed by atoms with Crippen LogP contribution >= 0.6 is 11.8 Å². The van der Waals surface area contributed by atoms with Gasteiger partial charge in [0.1, 0.15) is 30.0 Å². The molecule has 0 aliphatic carbocycles. The summed E-state index contributed by atoms with van der Waals surface area (Å²) in [6, 6.07) is 25.1. The summed E-state index contributed by atoms with van der Waals surface area (Å²) in [5.41, 5.74) is 2.77. The Labute approximate surface area is 206 Å². The predicted octanol–water partition coefficient (Wildman–Crippen LogP) is 4.24. The Kier molecular flexibility index (Phi) is 8.13. The van der Waals surface area contributed by atoms with Crippen LogP contribution in [0.3, 0.4) is 0 Å². The van der Waals surface area contributed by atoms with Crippen LogP contribution in [-0.4, -0.2) is 33.6 Å². The number of nitrogens with zero attached hydrogens (tertiary/aromatic N) is 2. The molecule has 1 aliphatic heterocycles. The Morgan fingerprint density at radius 3 is 2.06 bits per heavy atom. The molecule has 1 atom stereocenters. The Hall–Kier alpha value is -4.11. The van der Waals surface area contributed by atoms with Crippen LogP contribution in [0.25, 0.3) is 0 Å². The van der Waals surface area contributed by atoms with Gasteiger partial charge in [-0.3, -0.25) is 9.59 Å². The van der Waals surface area contributed by atoms with Crippen molar-refractivity contribution in [3.8, 4) is 11.5 Å². The molecule has 0 saturated carbocycles. The second-order valence-corrected chi connectivity index (χ2v) is 8.82. The largest absolute Gasteiger partial charge is 0.489 e. The van der Waals surface area contributed by atoms with E-state index in [1.165, 1.54) is 6.21 Å². The number of amidine groups is 1. The molecule has 35 heavy (non-hydrogen) atoms. The summed E-state index contributed by atoms with van der Waals surface area (Å²) in [6.07, 6.45) is 1.25. The van der Waals surface area contributed by atoms with E-state index in [1.807, 2.05) is 78.9 Å². The molecule has 0 bridgehead atoms. The molecule has 9 heteroatoms. The first-order chi connectivity index (χ1) is 17.0.